The second kappa shape index (κ2) is 5.34. The summed E-state index contributed by atoms with van der Waals surface area (Å²) in [4.78, 5) is 3.86. The average molecular weight is 302 g/mol. The Morgan fingerprint density at radius 2 is 1.86 bits per heavy atom. The van der Waals surface area contributed by atoms with Crippen molar-refractivity contribution in [1.29, 1.82) is 0 Å². The van der Waals surface area contributed by atoms with E-state index >= 15 is 0 Å². The van der Waals surface area contributed by atoms with E-state index < -0.39 is 0 Å². The number of ether oxygens (including phenoxy) is 1. The van der Waals surface area contributed by atoms with Gasteiger partial charge in [-0.1, -0.05) is 29.8 Å². The molecule has 3 aromatic rings. The normalized spacial score (nSPS) is 10.5. The molecule has 0 spiro atoms. The summed E-state index contributed by atoms with van der Waals surface area (Å²) in [6, 6.07) is 14.5. The molecule has 0 radical (unpaired) electrons. The van der Waals surface area contributed by atoms with Crippen LogP contribution in [0.1, 0.15) is 0 Å². The van der Waals surface area contributed by atoms with Gasteiger partial charge >= 0.3 is 0 Å². The van der Waals surface area contributed by atoms with Crippen molar-refractivity contribution < 1.29 is 4.74 Å². The molecule has 0 bridgehead atoms. The highest BCUT2D eigenvalue weighted by Crippen LogP contribution is 2.29. The molecule has 0 unspecified atom stereocenters. The summed E-state index contributed by atoms with van der Waals surface area (Å²) in [6.45, 7) is 0. The van der Waals surface area contributed by atoms with Crippen molar-refractivity contribution in [2.24, 2.45) is 0 Å². The fourth-order valence-corrected chi connectivity index (χ4v) is 2.04. The molecule has 3 rings (SSSR count). The number of aromatic nitrogens is 3. The Labute approximate surface area is 125 Å². The maximum atomic E-state index is 6.07. The number of hydrogen-bond acceptors (Lipinski definition) is 5. The van der Waals surface area contributed by atoms with Crippen LogP contribution in [0.2, 0.25) is 5.02 Å². The number of halogens is 1. The molecule has 7 heteroatoms. The minimum atomic E-state index is 0.116. The zero-order valence-corrected chi connectivity index (χ0v) is 11.7. The molecule has 0 atom stereocenters. The van der Waals surface area contributed by atoms with Crippen molar-refractivity contribution >= 4 is 23.5 Å². The van der Waals surface area contributed by atoms with Gasteiger partial charge in [-0.2, -0.15) is 9.67 Å². The molecule has 1 heterocycles. The summed E-state index contributed by atoms with van der Waals surface area (Å²) < 4.78 is 7.19. The van der Waals surface area contributed by atoms with E-state index in [0.717, 1.165) is 0 Å². The van der Waals surface area contributed by atoms with Gasteiger partial charge in [0.1, 0.15) is 11.5 Å². The molecule has 1 aromatic heterocycles. The first kappa shape index (κ1) is 13.3. The monoisotopic (exact) mass is 301 g/mol. The third-order valence-corrected chi connectivity index (χ3v) is 3.09. The Bertz CT molecular complexity index is 787. The van der Waals surface area contributed by atoms with Gasteiger partial charge in [0.15, 0.2) is 0 Å². The zero-order valence-electron chi connectivity index (χ0n) is 10.9. The van der Waals surface area contributed by atoms with E-state index in [1.54, 1.807) is 18.2 Å². The van der Waals surface area contributed by atoms with Crippen LogP contribution < -0.4 is 16.2 Å². The molecular formula is C14H12ClN5O. The van der Waals surface area contributed by atoms with Crippen molar-refractivity contribution in [2.45, 2.75) is 0 Å². The Kier molecular flexibility index (Phi) is 3.37. The van der Waals surface area contributed by atoms with E-state index in [0.29, 0.717) is 22.2 Å². The van der Waals surface area contributed by atoms with Crippen LogP contribution in [-0.4, -0.2) is 14.8 Å². The molecule has 2 aromatic carbocycles. The average Bonchev–Trinajstić information content (AvgIpc) is 2.81. The SMILES string of the molecule is Nc1nc(N)n(-c2cccc(Oc3ccccc3Cl)c2)n1. The van der Waals surface area contributed by atoms with Crippen LogP contribution in [0.25, 0.3) is 5.69 Å². The van der Waals surface area contributed by atoms with Gasteiger partial charge in [-0.25, -0.2) is 0 Å². The lowest BCUT2D eigenvalue weighted by atomic mass is 10.3. The van der Waals surface area contributed by atoms with Crippen molar-refractivity contribution in [1.82, 2.24) is 14.8 Å². The lowest BCUT2D eigenvalue weighted by Gasteiger charge is -2.09. The number of benzene rings is 2. The molecule has 0 fully saturated rings. The number of nitrogen functional groups attached to an aromatic ring is 2. The summed E-state index contributed by atoms with van der Waals surface area (Å²) >= 11 is 6.07. The standard InChI is InChI=1S/C14H12ClN5O/c15-11-6-1-2-7-12(11)21-10-5-3-4-9(8-10)20-14(17)18-13(16)19-20/h1-8H,(H4,16,17,18,19). The number of rotatable bonds is 3. The molecule has 0 saturated carbocycles. The number of nitrogens with two attached hydrogens (primary N) is 2. The minimum Gasteiger partial charge on any atom is -0.456 e. The van der Waals surface area contributed by atoms with Crippen LogP contribution in [0.3, 0.4) is 0 Å². The molecule has 106 valence electrons. The summed E-state index contributed by atoms with van der Waals surface area (Å²) in [5.74, 6) is 1.50. The number of para-hydroxylation sites is 1. The van der Waals surface area contributed by atoms with Crippen LogP contribution in [0, 0.1) is 0 Å². The molecular weight excluding hydrogens is 290 g/mol. The lowest BCUT2D eigenvalue weighted by Crippen LogP contribution is -2.02. The molecule has 6 nitrogen and oxygen atoms in total. The highest BCUT2D eigenvalue weighted by atomic mass is 35.5. The largest absolute Gasteiger partial charge is 0.456 e. The predicted molar refractivity (Wildman–Crippen MR) is 81.7 cm³/mol. The highest BCUT2D eigenvalue weighted by Gasteiger charge is 2.08. The first-order valence-electron chi connectivity index (χ1n) is 6.14. The van der Waals surface area contributed by atoms with Crippen molar-refractivity contribution in [3.8, 4) is 17.2 Å². The second-order valence-corrected chi connectivity index (χ2v) is 4.68. The fourth-order valence-electron chi connectivity index (χ4n) is 1.86. The molecule has 21 heavy (non-hydrogen) atoms. The van der Waals surface area contributed by atoms with Gasteiger partial charge in [-0.15, -0.1) is 5.10 Å². The van der Waals surface area contributed by atoms with Gasteiger partial charge in [-0.05, 0) is 24.3 Å². The maximum Gasteiger partial charge on any atom is 0.241 e. The van der Waals surface area contributed by atoms with Crippen molar-refractivity contribution in [2.75, 3.05) is 11.5 Å². The smallest absolute Gasteiger partial charge is 0.241 e. The summed E-state index contributed by atoms with van der Waals surface area (Å²) in [6.07, 6.45) is 0. The van der Waals surface area contributed by atoms with E-state index in [-0.39, 0.29) is 11.9 Å². The topological polar surface area (TPSA) is 92.0 Å². The lowest BCUT2D eigenvalue weighted by molar-refractivity contribution is 0.482. The fraction of sp³-hybridized carbons (Fsp3) is 0. The zero-order chi connectivity index (χ0) is 14.8. The second-order valence-electron chi connectivity index (χ2n) is 4.27. The Balaban J connectivity index is 1.94. The van der Waals surface area contributed by atoms with Crippen molar-refractivity contribution in [3.63, 3.8) is 0 Å². The van der Waals surface area contributed by atoms with Gasteiger partial charge in [-0.3, -0.25) is 0 Å². The third-order valence-electron chi connectivity index (χ3n) is 2.78. The van der Waals surface area contributed by atoms with Gasteiger partial charge in [0, 0.05) is 6.07 Å². The summed E-state index contributed by atoms with van der Waals surface area (Å²) in [5, 5.41) is 4.56. The molecule has 0 aliphatic rings. The molecule has 0 aliphatic heterocycles. The van der Waals surface area contributed by atoms with Crippen LogP contribution in [0.4, 0.5) is 11.9 Å². The van der Waals surface area contributed by atoms with Crippen LogP contribution in [-0.2, 0) is 0 Å². The van der Waals surface area contributed by atoms with E-state index in [2.05, 4.69) is 10.1 Å². The highest BCUT2D eigenvalue weighted by molar-refractivity contribution is 6.32. The first-order valence-corrected chi connectivity index (χ1v) is 6.52. The third kappa shape index (κ3) is 2.75. The summed E-state index contributed by atoms with van der Waals surface area (Å²) in [7, 11) is 0. The molecule has 0 saturated heterocycles. The van der Waals surface area contributed by atoms with Gasteiger partial charge < -0.3 is 16.2 Å². The Morgan fingerprint density at radius 3 is 2.57 bits per heavy atom. The van der Waals surface area contributed by atoms with E-state index in [1.807, 2.05) is 30.3 Å². The van der Waals surface area contributed by atoms with E-state index in [4.69, 9.17) is 27.8 Å². The Hall–Kier alpha value is -2.73. The van der Waals surface area contributed by atoms with Gasteiger partial charge in [0.2, 0.25) is 11.9 Å². The minimum absolute atomic E-state index is 0.116. The van der Waals surface area contributed by atoms with E-state index in [1.165, 1.54) is 4.68 Å². The van der Waals surface area contributed by atoms with Crippen LogP contribution >= 0.6 is 11.6 Å². The number of hydrogen-bond donors (Lipinski definition) is 2. The molecule has 4 N–H and O–H groups in total. The summed E-state index contributed by atoms with van der Waals surface area (Å²) in [5.41, 5.74) is 12.0. The first-order chi connectivity index (χ1) is 10.1. The van der Waals surface area contributed by atoms with Gasteiger partial charge in [0.25, 0.3) is 0 Å². The molecule has 0 aliphatic carbocycles. The molecule has 0 amide bonds. The number of nitrogens with zero attached hydrogens (tertiary/aromatic N) is 3. The maximum absolute atomic E-state index is 6.07. The van der Waals surface area contributed by atoms with E-state index in [9.17, 15) is 0 Å². The van der Waals surface area contributed by atoms with Crippen LogP contribution in [0.5, 0.6) is 11.5 Å². The van der Waals surface area contributed by atoms with Crippen molar-refractivity contribution in [3.05, 3.63) is 53.6 Å². The van der Waals surface area contributed by atoms with Crippen LogP contribution in [0.15, 0.2) is 48.5 Å². The van der Waals surface area contributed by atoms with Gasteiger partial charge in [0.05, 0.1) is 10.7 Å². The quantitative estimate of drug-likeness (QED) is 0.776. The number of anilines is 2. The Morgan fingerprint density at radius 1 is 1.05 bits per heavy atom. The predicted octanol–water partition coefficient (Wildman–Crippen LogP) is 2.88.